The molecule has 0 aliphatic carbocycles. The Morgan fingerprint density at radius 2 is 2.12 bits per heavy atom. The number of ether oxygens (including phenoxy) is 2. The molecule has 1 aromatic carbocycles. The minimum absolute atomic E-state index is 0.695. The van der Waals surface area contributed by atoms with Gasteiger partial charge in [-0.1, -0.05) is 6.92 Å². The van der Waals surface area contributed by atoms with Gasteiger partial charge in [-0.15, -0.1) is 0 Å². The van der Waals surface area contributed by atoms with Gasteiger partial charge < -0.3 is 14.8 Å². The molecule has 1 rings (SSSR count). The minimum atomic E-state index is 0.695. The van der Waals surface area contributed by atoms with Crippen LogP contribution in [0.15, 0.2) is 16.6 Å². The van der Waals surface area contributed by atoms with E-state index in [9.17, 15) is 0 Å². The van der Waals surface area contributed by atoms with E-state index in [4.69, 9.17) is 9.47 Å². The summed E-state index contributed by atoms with van der Waals surface area (Å²) in [4.78, 5) is 0. The van der Waals surface area contributed by atoms with Gasteiger partial charge in [-0.2, -0.15) is 0 Å². The SMILES string of the molecule is CCCOc1c(Br)cc(CNC)cc1OC. The van der Waals surface area contributed by atoms with E-state index in [1.807, 2.05) is 19.2 Å². The van der Waals surface area contributed by atoms with Gasteiger partial charge in [0.05, 0.1) is 18.2 Å². The van der Waals surface area contributed by atoms with Crippen molar-refractivity contribution in [2.45, 2.75) is 19.9 Å². The molecule has 0 saturated carbocycles. The number of methoxy groups -OCH3 is 1. The van der Waals surface area contributed by atoms with Crippen molar-refractivity contribution in [2.24, 2.45) is 0 Å². The highest BCUT2D eigenvalue weighted by Gasteiger charge is 2.10. The van der Waals surface area contributed by atoms with Gasteiger partial charge in [-0.3, -0.25) is 0 Å². The maximum Gasteiger partial charge on any atom is 0.175 e. The number of hydrogen-bond donors (Lipinski definition) is 1. The number of rotatable bonds is 6. The van der Waals surface area contributed by atoms with E-state index >= 15 is 0 Å². The van der Waals surface area contributed by atoms with Gasteiger partial charge in [0.25, 0.3) is 0 Å². The third kappa shape index (κ3) is 3.39. The predicted octanol–water partition coefficient (Wildman–Crippen LogP) is 2.97. The number of nitrogens with one attached hydrogen (secondary N) is 1. The van der Waals surface area contributed by atoms with Crippen LogP contribution in [0.4, 0.5) is 0 Å². The minimum Gasteiger partial charge on any atom is -0.493 e. The van der Waals surface area contributed by atoms with Crippen molar-refractivity contribution in [1.29, 1.82) is 0 Å². The van der Waals surface area contributed by atoms with Crippen molar-refractivity contribution in [1.82, 2.24) is 5.32 Å². The van der Waals surface area contributed by atoms with Crippen LogP contribution >= 0.6 is 15.9 Å². The first-order chi connectivity index (χ1) is 7.72. The third-order valence-electron chi connectivity index (χ3n) is 2.12. The summed E-state index contributed by atoms with van der Waals surface area (Å²) in [6.07, 6.45) is 0.980. The monoisotopic (exact) mass is 287 g/mol. The van der Waals surface area contributed by atoms with Gasteiger partial charge in [0.1, 0.15) is 0 Å². The Kier molecular flexibility index (Phi) is 5.63. The Morgan fingerprint density at radius 1 is 1.38 bits per heavy atom. The first kappa shape index (κ1) is 13.3. The van der Waals surface area contributed by atoms with Gasteiger partial charge in [0, 0.05) is 6.54 Å². The van der Waals surface area contributed by atoms with Crippen LogP contribution in [-0.4, -0.2) is 20.8 Å². The summed E-state index contributed by atoms with van der Waals surface area (Å²) in [6.45, 7) is 3.58. The molecule has 0 radical (unpaired) electrons. The molecule has 0 spiro atoms. The second-order valence-electron chi connectivity index (χ2n) is 3.49. The van der Waals surface area contributed by atoms with Crippen molar-refractivity contribution >= 4 is 15.9 Å². The summed E-state index contributed by atoms with van der Waals surface area (Å²) in [7, 11) is 3.58. The van der Waals surface area contributed by atoms with Crippen LogP contribution in [-0.2, 0) is 6.54 Å². The molecule has 0 aliphatic rings. The molecule has 0 aliphatic heterocycles. The summed E-state index contributed by atoms with van der Waals surface area (Å²) >= 11 is 3.51. The van der Waals surface area contributed by atoms with Crippen LogP contribution in [0.3, 0.4) is 0 Å². The van der Waals surface area contributed by atoms with Gasteiger partial charge in [0.15, 0.2) is 11.5 Å². The number of halogens is 1. The van der Waals surface area contributed by atoms with E-state index in [-0.39, 0.29) is 0 Å². The van der Waals surface area contributed by atoms with E-state index in [1.54, 1.807) is 7.11 Å². The molecule has 0 fully saturated rings. The van der Waals surface area contributed by atoms with Crippen LogP contribution in [0, 0.1) is 0 Å². The standard InChI is InChI=1S/C12H18BrNO2/c1-4-5-16-12-10(13)6-9(8-14-2)7-11(12)15-3/h6-7,14H,4-5,8H2,1-3H3. The van der Waals surface area contributed by atoms with Crippen molar-refractivity contribution in [3.8, 4) is 11.5 Å². The summed E-state index contributed by atoms with van der Waals surface area (Å²) in [5.41, 5.74) is 1.16. The fourth-order valence-electron chi connectivity index (χ4n) is 1.42. The van der Waals surface area contributed by atoms with Gasteiger partial charge in [0.2, 0.25) is 0 Å². The molecule has 1 aromatic rings. The zero-order chi connectivity index (χ0) is 12.0. The highest BCUT2D eigenvalue weighted by atomic mass is 79.9. The summed E-state index contributed by atoms with van der Waals surface area (Å²) in [5.74, 6) is 1.55. The molecule has 0 amide bonds. The van der Waals surface area contributed by atoms with Crippen molar-refractivity contribution < 1.29 is 9.47 Å². The molecule has 3 nitrogen and oxygen atoms in total. The van der Waals surface area contributed by atoms with Gasteiger partial charge in [-0.25, -0.2) is 0 Å². The lowest BCUT2D eigenvalue weighted by atomic mass is 10.2. The second kappa shape index (κ2) is 6.76. The van der Waals surface area contributed by atoms with Crippen LogP contribution in [0.1, 0.15) is 18.9 Å². The zero-order valence-corrected chi connectivity index (χ0v) is 11.6. The predicted molar refractivity (Wildman–Crippen MR) is 69.2 cm³/mol. The largest absolute Gasteiger partial charge is 0.493 e. The smallest absolute Gasteiger partial charge is 0.175 e. The molecule has 0 atom stereocenters. The van der Waals surface area contributed by atoms with E-state index in [0.717, 1.165) is 34.5 Å². The van der Waals surface area contributed by atoms with Gasteiger partial charge in [-0.05, 0) is 47.1 Å². The molecule has 0 bridgehead atoms. The zero-order valence-electron chi connectivity index (χ0n) is 9.97. The Balaban J connectivity index is 2.97. The summed E-state index contributed by atoms with van der Waals surface area (Å²) < 4.78 is 11.9. The third-order valence-corrected chi connectivity index (χ3v) is 2.71. The summed E-state index contributed by atoms with van der Waals surface area (Å²) in [5, 5.41) is 3.11. The first-order valence-corrected chi connectivity index (χ1v) is 6.16. The van der Waals surface area contributed by atoms with Crippen molar-refractivity contribution in [2.75, 3.05) is 20.8 Å². The topological polar surface area (TPSA) is 30.5 Å². The highest BCUT2D eigenvalue weighted by molar-refractivity contribution is 9.10. The average molecular weight is 288 g/mol. The first-order valence-electron chi connectivity index (χ1n) is 5.36. The van der Waals surface area contributed by atoms with E-state index in [0.29, 0.717) is 6.61 Å². The lowest BCUT2D eigenvalue weighted by Gasteiger charge is -2.13. The van der Waals surface area contributed by atoms with Crippen LogP contribution < -0.4 is 14.8 Å². The Hall–Kier alpha value is -0.740. The molecule has 0 aromatic heterocycles. The highest BCUT2D eigenvalue weighted by Crippen LogP contribution is 2.36. The quantitative estimate of drug-likeness (QED) is 0.873. The van der Waals surface area contributed by atoms with Gasteiger partial charge >= 0.3 is 0 Å². The Bertz CT molecular complexity index is 342. The number of benzene rings is 1. The van der Waals surface area contributed by atoms with Crippen LogP contribution in [0.2, 0.25) is 0 Å². The Morgan fingerprint density at radius 3 is 2.69 bits per heavy atom. The fourth-order valence-corrected chi connectivity index (χ4v) is 2.03. The van der Waals surface area contributed by atoms with E-state index in [2.05, 4.69) is 28.2 Å². The molecule has 90 valence electrons. The normalized spacial score (nSPS) is 10.2. The summed E-state index contributed by atoms with van der Waals surface area (Å²) in [6, 6.07) is 4.04. The molecular weight excluding hydrogens is 270 g/mol. The maximum atomic E-state index is 5.65. The van der Waals surface area contributed by atoms with E-state index in [1.165, 1.54) is 0 Å². The van der Waals surface area contributed by atoms with Crippen molar-refractivity contribution in [3.63, 3.8) is 0 Å². The average Bonchev–Trinajstić information content (AvgIpc) is 2.27. The second-order valence-corrected chi connectivity index (χ2v) is 4.34. The molecule has 0 heterocycles. The van der Waals surface area contributed by atoms with Crippen LogP contribution in [0.5, 0.6) is 11.5 Å². The lowest BCUT2D eigenvalue weighted by Crippen LogP contribution is -2.06. The molecular formula is C12H18BrNO2. The van der Waals surface area contributed by atoms with Crippen molar-refractivity contribution in [3.05, 3.63) is 22.2 Å². The molecule has 0 unspecified atom stereocenters. The maximum absolute atomic E-state index is 5.65. The fraction of sp³-hybridized carbons (Fsp3) is 0.500. The van der Waals surface area contributed by atoms with E-state index < -0.39 is 0 Å². The molecule has 0 saturated heterocycles. The molecule has 1 N–H and O–H groups in total. The Labute approximate surface area is 105 Å². The molecule has 16 heavy (non-hydrogen) atoms. The molecule has 4 heteroatoms. The van der Waals surface area contributed by atoms with Crippen LogP contribution in [0.25, 0.3) is 0 Å². The number of hydrogen-bond acceptors (Lipinski definition) is 3. The lowest BCUT2D eigenvalue weighted by molar-refractivity contribution is 0.292.